The molecule has 7 heteroatoms. The molecule has 0 unspecified atom stereocenters. The highest BCUT2D eigenvalue weighted by Gasteiger charge is 2.33. The Kier molecular flexibility index (Phi) is 4.51. The maximum absolute atomic E-state index is 13.2. The van der Waals surface area contributed by atoms with Crippen molar-refractivity contribution in [2.45, 2.75) is 11.8 Å². The van der Waals surface area contributed by atoms with Gasteiger partial charge in [-0.1, -0.05) is 41.9 Å². The molecular weight excluding hydrogens is 348 g/mol. The smallest absolute Gasteiger partial charge is 0.269 e. The lowest BCUT2D eigenvalue weighted by molar-refractivity contribution is 0.400. The highest BCUT2D eigenvalue weighted by Crippen LogP contribution is 2.33. The van der Waals surface area contributed by atoms with Crippen LogP contribution in [0.5, 0.6) is 5.75 Å². The summed E-state index contributed by atoms with van der Waals surface area (Å²) in [6.07, 6.45) is 0. The van der Waals surface area contributed by atoms with E-state index in [2.05, 4.69) is 4.99 Å². The Hall–Kier alpha value is -2.05. The topological polar surface area (TPSA) is 59.0 Å². The Labute approximate surface area is 146 Å². The number of hydrogen-bond acceptors (Lipinski definition) is 4. The van der Waals surface area contributed by atoms with Crippen molar-refractivity contribution in [2.75, 3.05) is 20.2 Å². The summed E-state index contributed by atoms with van der Waals surface area (Å²) in [6.45, 7) is 2.51. The Bertz CT molecular complexity index is 896. The molecule has 24 heavy (non-hydrogen) atoms. The zero-order chi connectivity index (χ0) is 17.3. The summed E-state index contributed by atoms with van der Waals surface area (Å²) in [7, 11) is -2.38. The Morgan fingerprint density at radius 2 is 1.92 bits per heavy atom. The number of nitrogens with zero attached hydrogens (tertiary/aromatic N) is 2. The van der Waals surface area contributed by atoms with E-state index in [1.54, 1.807) is 13.0 Å². The molecule has 2 aromatic carbocycles. The molecule has 0 aliphatic carbocycles. The van der Waals surface area contributed by atoms with Crippen molar-refractivity contribution in [1.82, 2.24) is 4.31 Å². The minimum Gasteiger partial charge on any atom is -0.495 e. The molecule has 0 radical (unpaired) electrons. The van der Waals surface area contributed by atoms with Crippen LogP contribution < -0.4 is 4.74 Å². The van der Waals surface area contributed by atoms with E-state index in [9.17, 15) is 8.42 Å². The van der Waals surface area contributed by atoms with Crippen molar-refractivity contribution < 1.29 is 13.2 Å². The molecule has 0 amide bonds. The van der Waals surface area contributed by atoms with Gasteiger partial charge in [0.2, 0.25) is 0 Å². The second kappa shape index (κ2) is 6.45. The number of methoxy groups -OCH3 is 1. The van der Waals surface area contributed by atoms with E-state index in [1.165, 1.54) is 17.5 Å². The number of hydrogen-bond donors (Lipinski definition) is 0. The summed E-state index contributed by atoms with van der Waals surface area (Å²) in [5.41, 5.74) is 1.52. The standard InChI is InChI=1S/C17H17ClN2O3S/c1-12-10-15(23-2)16(11-14(12)18)24(21,22)20-9-8-19-17(20)13-6-4-3-5-7-13/h3-7,10-11H,8-9H2,1-2H3. The second-order valence-electron chi connectivity index (χ2n) is 5.40. The molecule has 0 saturated heterocycles. The molecule has 0 N–H and O–H groups in total. The molecule has 0 atom stereocenters. The third kappa shape index (κ3) is 2.87. The summed E-state index contributed by atoms with van der Waals surface area (Å²) >= 11 is 6.14. The van der Waals surface area contributed by atoms with Crippen molar-refractivity contribution in [1.29, 1.82) is 0 Å². The lowest BCUT2D eigenvalue weighted by Crippen LogP contribution is -2.35. The Morgan fingerprint density at radius 3 is 2.58 bits per heavy atom. The molecule has 1 aliphatic rings. The summed E-state index contributed by atoms with van der Waals surface area (Å²) in [4.78, 5) is 4.41. The van der Waals surface area contributed by atoms with Crippen LogP contribution in [-0.4, -0.2) is 38.8 Å². The quantitative estimate of drug-likeness (QED) is 0.837. The maximum atomic E-state index is 13.2. The SMILES string of the molecule is COc1cc(C)c(Cl)cc1S(=O)(=O)N1CCN=C1c1ccccc1. The largest absolute Gasteiger partial charge is 0.495 e. The van der Waals surface area contributed by atoms with E-state index >= 15 is 0 Å². The van der Waals surface area contributed by atoms with Gasteiger partial charge in [0.1, 0.15) is 16.5 Å². The van der Waals surface area contributed by atoms with Crippen LogP contribution >= 0.6 is 11.6 Å². The minimum atomic E-state index is -3.82. The van der Waals surface area contributed by atoms with E-state index in [0.29, 0.717) is 23.9 Å². The Morgan fingerprint density at radius 1 is 1.21 bits per heavy atom. The fraction of sp³-hybridized carbons (Fsp3) is 0.235. The maximum Gasteiger partial charge on any atom is 0.269 e. The molecule has 3 rings (SSSR count). The van der Waals surface area contributed by atoms with Gasteiger partial charge in [0, 0.05) is 10.6 Å². The third-order valence-electron chi connectivity index (χ3n) is 3.85. The van der Waals surface area contributed by atoms with Gasteiger partial charge in [-0.2, -0.15) is 0 Å². The highest BCUT2D eigenvalue weighted by molar-refractivity contribution is 7.89. The van der Waals surface area contributed by atoms with Crippen LogP contribution in [0.4, 0.5) is 0 Å². The molecule has 1 aliphatic heterocycles. The minimum absolute atomic E-state index is 0.0473. The number of benzene rings is 2. The fourth-order valence-electron chi connectivity index (χ4n) is 2.60. The zero-order valence-electron chi connectivity index (χ0n) is 13.4. The molecule has 0 fully saturated rings. The number of ether oxygens (including phenoxy) is 1. The van der Waals surface area contributed by atoms with Crippen molar-refractivity contribution in [3.63, 3.8) is 0 Å². The van der Waals surface area contributed by atoms with Crippen LogP contribution in [0, 0.1) is 6.92 Å². The third-order valence-corrected chi connectivity index (χ3v) is 6.06. The molecule has 1 heterocycles. The van der Waals surface area contributed by atoms with E-state index in [1.807, 2.05) is 30.3 Å². The van der Waals surface area contributed by atoms with Crippen LogP contribution in [0.2, 0.25) is 5.02 Å². The van der Waals surface area contributed by atoms with Gasteiger partial charge in [0.15, 0.2) is 0 Å². The molecule has 2 aromatic rings. The van der Waals surface area contributed by atoms with E-state index in [-0.39, 0.29) is 10.6 Å². The predicted octanol–water partition coefficient (Wildman–Crippen LogP) is 3.11. The van der Waals surface area contributed by atoms with Crippen molar-refractivity contribution in [3.8, 4) is 5.75 Å². The lowest BCUT2D eigenvalue weighted by atomic mass is 10.2. The van der Waals surface area contributed by atoms with Crippen LogP contribution in [0.25, 0.3) is 0 Å². The number of rotatable bonds is 4. The van der Waals surface area contributed by atoms with Gasteiger partial charge in [-0.3, -0.25) is 4.99 Å². The molecule has 0 bridgehead atoms. The van der Waals surface area contributed by atoms with Crippen LogP contribution in [0.1, 0.15) is 11.1 Å². The normalized spacial score (nSPS) is 14.6. The first kappa shape index (κ1) is 16.8. The van der Waals surface area contributed by atoms with Gasteiger partial charge >= 0.3 is 0 Å². The average molecular weight is 365 g/mol. The van der Waals surface area contributed by atoms with Gasteiger partial charge in [-0.15, -0.1) is 0 Å². The summed E-state index contributed by atoms with van der Waals surface area (Å²) in [6, 6.07) is 12.3. The van der Waals surface area contributed by atoms with Crippen LogP contribution in [-0.2, 0) is 10.0 Å². The summed E-state index contributed by atoms with van der Waals surface area (Å²) < 4.78 is 32.9. The average Bonchev–Trinajstić information content (AvgIpc) is 3.08. The number of amidine groups is 1. The molecule has 126 valence electrons. The lowest BCUT2D eigenvalue weighted by Gasteiger charge is -2.22. The Balaban J connectivity index is 2.09. The number of sulfonamides is 1. The van der Waals surface area contributed by atoms with Crippen molar-refractivity contribution >= 4 is 27.5 Å². The van der Waals surface area contributed by atoms with Crippen LogP contribution in [0.3, 0.4) is 0 Å². The molecule has 0 saturated carbocycles. The predicted molar refractivity (Wildman–Crippen MR) is 94.5 cm³/mol. The molecule has 0 aromatic heterocycles. The summed E-state index contributed by atoms with van der Waals surface area (Å²) in [5.74, 6) is 0.713. The first-order chi connectivity index (χ1) is 11.4. The van der Waals surface area contributed by atoms with Crippen molar-refractivity contribution in [2.24, 2.45) is 4.99 Å². The van der Waals surface area contributed by atoms with Gasteiger partial charge in [-0.25, -0.2) is 12.7 Å². The zero-order valence-corrected chi connectivity index (χ0v) is 14.9. The highest BCUT2D eigenvalue weighted by atomic mass is 35.5. The van der Waals surface area contributed by atoms with E-state index in [0.717, 1.165) is 11.1 Å². The number of aliphatic imine (C=N–C) groups is 1. The van der Waals surface area contributed by atoms with E-state index < -0.39 is 10.0 Å². The molecule has 5 nitrogen and oxygen atoms in total. The van der Waals surface area contributed by atoms with Gasteiger partial charge in [-0.05, 0) is 24.6 Å². The first-order valence-corrected chi connectivity index (χ1v) is 9.23. The fourth-order valence-corrected chi connectivity index (χ4v) is 4.45. The first-order valence-electron chi connectivity index (χ1n) is 7.42. The molecular formula is C17H17ClN2O3S. The van der Waals surface area contributed by atoms with Gasteiger partial charge in [0.25, 0.3) is 10.0 Å². The second-order valence-corrected chi connectivity index (χ2v) is 7.64. The summed E-state index contributed by atoms with van der Waals surface area (Å²) in [5, 5.41) is 0.381. The van der Waals surface area contributed by atoms with Gasteiger partial charge < -0.3 is 4.74 Å². The number of halogens is 1. The monoisotopic (exact) mass is 364 g/mol. The van der Waals surface area contributed by atoms with Gasteiger partial charge in [0.05, 0.1) is 20.2 Å². The van der Waals surface area contributed by atoms with Crippen LogP contribution in [0.15, 0.2) is 52.4 Å². The molecule has 0 spiro atoms. The van der Waals surface area contributed by atoms with E-state index in [4.69, 9.17) is 16.3 Å². The number of aryl methyl sites for hydroxylation is 1. The van der Waals surface area contributed by atoms with Crippen molar-refractivity contribution in [3.05, 3.63) is 58.6 Å².